The minimum Gasteiger partial charge on any atom is -0.458 e. The van der Waals surface area contributed by atoms with E-state index < -0.39 is 22.7 Å². The van der Waals surface area contributed by atoms with Gasteiger partial charge in [0.25, 0.3) is 0 Å². The van der Waals surface area contributed by atoms with Gasteiger partial charge in [0.1, 0.15) is 6.61 Å². The smallest absolute Gasteiger partial charge is 0.331 e. The van der Waals surface area contributed by atoms with E-state index in [2.05, 4.69) is 11.9 Å². The predicted octanol–water partition coefficient (Wildman–Crippen LogP) is 1.76. The molecule has 0 aromatic heterocycles. The van der Waals surface area contributed by atoms with Crippen LogP contribution >= 0.6 is 0 Å². The Balaban J connectivity index is 1.52. The van der Waals surface area contributed by atoms with Gasteiger partial charge in [-0.25, -0.2) is 4.79 Å². The first-order valence-corrected chi connectivity index (χ1v) is 12.3. The van der Waals surface area contributed by atoms with Crippen LogP contribution in [0.15, 0.2) is 16.6 Å². The number of aliphatic hydroxyl groups is 4. The molecule has 5 rings (SSSR count). The molecule has 0 unspecified atom stereocenters. The minimum atomic E-state index is -1.04. The fourth-order valence-corrected chi connectivity index (χ4v) is 8.65. The number of aliphatic hydroxyl groups excluding tert-OH is 2. The molecule has 178 valence electrons. The normalized spacial score (nSPS) is 50.5. The zero-order valence-corrected chi connectivity index (χ0v) is 19.0. The molecule has 4 saturated carbocycles. The second-order valence-corrected chi connectivity index (χ2v) is 11.3. The number of hydrogen-bond donors (Lipinski definition) is 4. The van der Waals surface area contributed by atoms with Gasteiger partial charge in [-0.3, -0.25) is 4.99 Å². The van der Waals surface area contributed by atoms with Crippen LogP contribution < -0.4 is 0 Å². The molecule has 4 fully saturated rings. The van der Waals surface area contributed by atoms with Crippen molar-refractivity contribution in [2.75, 3.05) is 19.8 Å². The molecule has 0 saturated heterocycles. The molecule has 4 aliphatic carbocycles. The van der Waals surface area contributed by atoms with Crippen molar-refractivity contribution in [1.29, 1.82) is 0 Å². The van der Waals surface area contributed by atoms with Gasteiger partial charge in [-0.1, -0.05) is 6.92 Å². The summed E-state index contributed by atoms with van der Waals surface area (Å²) in [6.45, 7) is 2.77. The van der Waals surface area contributed by atoms with Crippen LogP contribution in [0.3, 0.4) is 0 Å². The quantitative estimate of drug-likeness (QED) is 0.385. The van der Waals surface area contributed by atoms with Crippen LogP contribution in [0.2, 0.25) is 0 Å². The van der Waals surface area contributed by atoms with Crippen LogP contribution in [-0.2, 0) is 9.53 Å². The summed E-state index contributed by atoms with van der Waals surface area (Å²) in [7, 11) is 0. The van der Waals surface area contributed by atoms with Gasteiger partial charge < -0.3 is 25.2 Å². The van der Waals surface area contributed by atoms with Crippen molar-refractivity contribution in [3.8, 4) is 0 Å². The Hall–Kier alpha value is -1.28. The Morgan fingerprint density at radius 3 is 2.62 bits per heavy atom. The summed E-state index contributed by atoms with van der Waals surface area (Å²) >= 11 is 0. The fraction of sp³-hybridized carbons (Fsp3) is 0.840. The highest BCUT2D eigenvalue weighted by molar-refractivity contribution is 5.85. The summed E-state index contributed by atoms with van der Waals surface area (Å²) in [5.41, 5.74) is -1.82. The lowest BCUT2D eigenvalue weighted by atomic mass is 9.41. The first kappa shape index (κ1) is 22.5. The molecule has 32 heavy (non-hydrogen) atoms. The van der Waals surface area contributed by atoms with E-state index in [4.69, 9.17) is 4.74 Å². The van der Waals surface area contributed by atoms with E-state index >= 15 is 0 Å². The number of hydrogen-bond acceptors (Lipinski definition) is 7. The highest BCUT2D eigenvalue weighted by Crippen LogP contribution is 2.70. The highest BCUT2D eigenvalue weighted by Gasteiger charge is 2.71. The summed E-state index contributed by atoms with van der Waals surface area (Å²) in [4.78, 5) is 16.2. The molecular weight excluding hydrogens is 410 g/mol. The van der Waals surface area contributed by atoms with Crippen LogP contribution in [0.25, 0.3) is 0 Å². The molecule has 8 atom stereocenters. The monoisotopic (exact) mass is 447 g/mol. The fourth-order valence-electron chi connectivity index (χ4n) is 8.65. The lowest BCUT2D eigenvalue weighted by molar-refractivity contribution is -0.237. The molecule has 5 aliphatic rings. The Bertz CT molecular complexity index is 842. The Morgan fingerprint density at radius 1 is 1.12 bits per heavy atom. The molecule has 0 spiro atoms. The summed E-state index contributed by atoms with van der Waals surface area (Å²) in [6, 6.07) is 0. The molecule has 1 heterocycles. The van der Waals surface area contributed by atoms with E-state index in [1.54, 1.807) is 6.08 Å². The largest absolute Gasteiger partial charge is 0.458 e. The van der Waals surface area contributed by atoms with E-state index in [9.17, 15) is 25.2 Å². The molecular formula is C25H37NO6. The number of carbonyl (C=O) groups excluding carboxylic acids is 1. The molecule has 1 aliphatic heterocycles. The first-order chi connectivity index (χ1) is 15.2. The molecule has 7 nitrogen and oxygen atoms in total. The van der Waals surface area contributed by atoms with Crippen molar-refractivity contribution in [2.24, 2.45) is 33.6 Å². The lowest BCUT2D eigenvalue weighted by Gasteiger charge is -2.65. The van der Waals surface area contributed by atoms with Gasteiger partial charge in [0.2, 0.25) is 0 Å². The molecule has 0 bridgehead atoms. The van der Waals surface area contributed by atoms with Crippen molar-refractivity contribution in [3.63, 3.8) is 0 Å². The Kier molecular flexibility index (Phi) is 5.36. The van der Waals surface area contributed by atoms with Crippen molar-refractivity contribution in [3.05, 3.63) is 11.6 Å². The third kappa shape index (κ3) is 2.93. The maximum atomic E-state index is 12.3. The number of nitrogens with zero attached hydrogens (tertiary/aromatic N) is 1. The van der Waals surface area contributed by atoms with Gasteiger partial charge in [0, 0.05) is 29.5 Å². The number of carbonyl (C=O) groups is 1. The Morgan fingerprint density at radius 2 is 1.91 bits per heavy atom. The standard InChI is InChI=1S/C25H37NO6/c1-22-6-3-19-20(25(22,31)9-5-18(22)16-12-21(29)32-14-16)4-8-24(30)13-17(28)2-7-23(19,24)15-26-10-11-27/h12,15,17-20,27-28,30-31H,2-11,13-14H2,1H3/t17-,18-,19+,20-,22-,23+,24+,25-/m1/s1. The van der Waals surface area contributed by atoms with E-state index in [1.807, 2.05) is 6.21 Å². The number of ether oxygens (including phenoxy) is 1. The van der Waals surface area contributed by atoms with E-state index in [0.29, 0.717) is 45.3 Å². The summed E-state index contributed by atoms with van der Waals surface area (Å²) in [5, 5.41) is 43.8. The SMILES string of the molecule is C[C@]12CC[C@H]3[C@@H](CC[C@]4(O)C[C@H](O)CC[C@]34C=NCCO)[C@]1(O)CC[C@@H]2C1=CC(=O)OC1. The van der Waals surface area contributed by atoms with Crippen LogP contribution in [0.5, 0.6) is 0 Å². The van der Waals surface area contributed by atoms with Crippen LogP contribution in [-0.4, -0.2) is 69.7 Å². The maximum Gasteiger partial charge on any atom is 0.331 e. The Labute approximate surface area is 189 Å². The number of esters is 1. The summed E-state index contributed by atoms with van der Waals surface area (Å²) in [6.07, 6.45) is 9.04. The number of cyclic esters (lactones) is 1. The molecule has 0 radical (unpaired) electrons. The zero-order valence-electron chi connectivity index (χ0n) is 19.0. The molecule has 0 aromatic carbocycles. The maximum absolute atomic E-state index is 12.3. The van der Waals surface area contributed by atoms with Crippen molar-refractivity contribution >= 4 is 12.2 Å². The highest BCUT2D eigenvalue weighted by atomic mass is 16.5. The predicted molar refractivity (Wildman–Crippen MR) is 118 cm³/mol. The average molecular weight is 448 g/mol. The molecule has 0 amide bonds. The van der Waals surface area contributed by atoms with E-state index in [1.165, 1.54) is 0 Å². The second kappa shape index (κ2) is 7.62. The zero-order chi connectivity index (χ0) is 22.8. The summed E-state index contributed by atoms with van der Waals surface area (Å²) in [5.74, 6) is -0.0485. The topological polar surface area (TPSA) is 120 Å². The van der Waals surface area contributed by atoms with Crippen molar-refractivity contribution in [1.82, 2.24) is 0 Å². The van der Waals surface area contributed by atoms with Crippen LogP contribution in [0.4, 0.5) is 0 Å². The molecule has 0 aromatic rings. The number of fused-ring (bicyclic) bond motifs is 5. The van der Waals surface area contributed by atoms with Gasteiger partial charge in [-0.2, -0.15) is 0 Å². The number of aliphatic imine (C=N–C) groups is 1. The third-order valence-corrected chi connectivity index (χ3v) is 10.2. The van der Waals surface area contributed by atoms with Crippen LogP contribution in [0.1, 0.15) is 64.7 Å². The molecule has 4 N–H and O–H groups in total. The number of rotatable bonds is 4. The second-order valence-electron chi connectivity index (χ2n) is 11.3. The van der Waals surface area contributed by atoms with Gasteiger partial charge in [-0.05, 0) is 74.7 Å². The van der Waals surface area contributed by atoms with E-state index in [0.717, 1.165) is 31.3 Å². The summed E-state index contributed by atoms with van der Waals surface area (Å²) < 4.78 is 5.20. The van der Waals surface area contributed by atoms with Gasteiger partial charge in [-0.15, -0.1) is 0 Å². The lowest BCUT2D eigenvalue weighted by Crippen LogP contribution is -2.68. The van der Waals surface area contributed by atoms with Crippen LogP contribution in [0, 0.1) is 28.6 Å². The average Bonchev–Trinajstić information content (AvgIpc) is 3.28. The first-order valence-electron chi connectivity index (χ1n) is 12.3. The van der Waals surface area contributed by atoms with E-state index in [-0.39, 0.29) is 35.7 Å². The third-order valence-electron chi connectivity index (χ3n) is 10.2. The minimum absolute atomic E-state index is 0.0287. The van der Waals surface area contributed by atoms with Crippen molar-refractivity contribution < 1.29 is 30.0 Å². The van der Waals surface area contributed by atoms with Crippen molar-refractivity contribution in [2.45, 2.75) is 82.0 Å². The van der Waals surface area contributed by atoms with Gasteiger partial charge >= 0.3 is 5.97 Å². The molecule has 7 heteroatoms. The van der Waals surface area contributed by atoms with Gasteiger partial charge in [0.15, 0.2) is 0 Å². The van der Waals surface area contributed by atoms with Gasteiger partial charge in [0.05, 0.1) is 30.5 Å².